The first-order chi connectivity index (χ1) is 14.5. The molecule has 1 heteroatoms. The molecule has 0 saturated carbocycles. The lowest BCUT2D eigenvalue weighted by Crippen LogP contribution is -2.49. The van der Waals surface area contributed by atoms with E-state index in [9.17, 15) is 0 Å². The molecule has 2 aromatic rings. The van der Waals surface area contributed by atoms with Gasteiger partial charge in [-0.05, 0) is 51.2 Å². The van der Waals surface area contributed by atoms with Crippen molar-refractivity contribution in [2.75, 3.05) is 0 Å². The molecule has 0 N–H and O–H groups in total. The second kappa shape index (κ2) is 9.23. The molecule has 0 saturated heterocycles. The van der Waals surface area contributed by atoms with E-state index >= 15 is 0 Å². The fraction of sp³-hybridized carbons (Fsp3) is 0.467. The van der Waals surface area contributed by atoms with Gasteiger partial charge in [0.1, 0.15) is 0 Å². The molecule has 0 amide bonds. The second-order valence-electron chi connectivity index (χ2n) is 11.3. The van der Waals surface area contributed by atoms with Gasteiger partial charge in [0.15, 0.2) is 0 Å². The van der Waals surface area contributed by atoms with E-state index in [-0.39, 0.29) is 5.41 Å². The summed E-state index contributed by atoms with van der Waals surface area (Å²) < 4.78 is 0. The van der Waals surface area contributed by atoms with E-state index in [1.807, 2.05) is 0 Å². The molecule has 0 fully saturated rings. The Hall–Kier alpha value is -2.02. The molecular weight excluding hydrogens is 371 g/mol. The van der Waals surface area contributed by atoms with Crippen molar-refractivity contribution >= 4 is 17.6 Å². The van der Waals surface area contributed by atoms with Gasteiger partial charge in [-0.3, -0.25) is 0 Å². The summed E-state index contributed by atoms with van der Waals surface area (Å²) in [6.07, 6.45) is 9.20. The molecule has 0 radical (unpaired) electrons. The van der Waals surface area contributed by atoms with Gasteiger partial charge in [0.2, 0.25) is 6.71 Å². The molecule has 164 valence electrons. The van der Waals surface area contributed by atoms with Gasteiger partial charge in [0.25, 0.3) is 0 Å². The van der Waals surface area contributed by atoms with E-state index in [0.29, 0.717) is 30.3 Å². The summed E-state index contributed by atoms with van der Waals surface area (Å²) in [7, 11) is 0. The first-order valence-corrected chi connectivity index (χ1v) is 12.1. The van der Waals surface area contributed by atoms with Crippen LogP contribution in [-0.2, 0) is 5.41 Å². The lowest BCUT2D eigenvalue weighted by molar-refractivity contribution is 0.590. The molecule has 0 unspecified atom stereocenters. The highest BCUT2D eigenvalue weighted by Crippen LogP contribution is 2.30. The summed E-state index contributed by atoms with van der Waals surface area (Å²) in [6.45, 7) is 21.3. The maximum absolute atomic E-state index is 2.50. The van der Waals surface area contributed by atoms with Crippen LogP contribution in [0.1, 0.15) is 102 Å². The van der Waals surface area contributed by atoms with Crippen molar-refractivity contribution in [3.05, 3.63) is 83.0 Å². The van der Waals surface area contributed by atoms with Crippen LogP contribution in [0.5, 0.6) is 0 Å². The Bertz CT molecular complexity index is 908. The molecule has 1 aliphatic rings. The van der Waals surface area contributed by atoms with Gasteiger partial charge >= 0.3 is 0 Å². The van der Waals surface area contributed by atoms with E-state index in [2.05, 4.69) is 123 Å². The predicted octanol–water partition coefficient (Wildman–Crippen LogP) is 7.46. The number of benzene rings is 2. The van der Waals surface area contributed by atoms with E-state index in [4.69, 9.17) is 0 Å². The first kappa shape index (κ1) is 23.6. The quantitative estimate of drug-likeness (QED) is 0.432. The molecule has 0 aliphatic heterocycles. The lowest BCUT2D eigenvalue weighted by Gasteiger charge is -2.30. The van der Waals surface area contributed by atoms with Crippen LogP contribution >= 0.6 is 0 Å². The molecule has 0 aromatic heterocycles. The molecule has 0 bridgehead atoms. The van der Waals surface area contributed by atoms with Crippen LogP contribution in [0.3, 0.4) is 0 Å². The van der Waals surface area contributed by atoms with E-state index < -0.39 is 0 Å². The second-order valence-corrected chi connectivity index (χ2v) is 11.3. The van der Waals surface area contributed by atoms with Crippen LogP contribution in [-0.4, -0.2) is 6.71 Å². The summed E-state index contributed by atoms with van der Waals surface area (Å²) in [5.74, 6) is 1.94. The van der Waals surface area contributed by atoms with Crippen LogP contribution in [0, 0.1) is 0 Å². The minimum atomic E-state index is 0.173. The fourth-order valence-corrected chi connectivity index (χ4v) is 4.81. The Morgan fingerprint density at radius 3 is 1.58 bits per heavy atom. The smallest absolute Gasteiger partial charge is 0.0842 e. The molecule has 3 rings (SSSR count). The third-order valence-corrected chi connectivity index (χ3v) is 6.79. The number of rotatable bonds is 6. The Kier molecular flexibility index (Phi) is 7.04. The summed E-state index contributed by atoms with van der Waals surface area (Å²) in [6, 6.07) is 14.4. The van der Waals surface area contributed by atoms with Gasteiger partial charge in [0.05, 0.1) is 0 Å². The fourth-order valence-electron chi connectivity index (χ4n) is 4.81. The molecule has 0 spiro atoms. The van der Waals surface area contributed by atoms with Crippen molar-refractivity contribution in [1.82, 2.24) is 0 Å². The van der Waals surface area contributed by atoms with Gasteiger partial charge in [-0.2, -0.15) is 0 Å². The molecular formula is C30H41B. The Morgan fingerprint density at radius 1 is 0.710 bits per heavy atom. The lowest BCUT2D eigenvalue weighted by atomic mass is 9.32. The minimum absolute atomic E-state index is 0.173. The monoisotopic (exact) mass is 412 g/mol. The zero-order valence-corrected chi connectivity index (χ0v) is 21.2. The third-order valence-electron chi connectivity index (χ3n) is 6.79. The number of allylic oxidation sites excluding steroid dienone is 4. The summed E-state index contributed by atoms with van der Waals surface area (Å²) in [5.41, 5.74) is 9.06. The van der Waals surface area contributed by atoms with Crippen LogP contribution < -0.4 is 10.9 Å². The molecule has 2 aromatic carbocycles. The Labute approximate surface area is 191 Å². The number of hydrogen-bond acceptors (Lipinski definition) is 0. The largest absolute Gasteiger partial charge is 0.220 e. The van der Waals surface area contributed by atoms with Crippen LogP contribution in [0.15, 0.2) is 60.7 Å². The summed E-state index contributed by atoms with van der Waals surface area (Å²) >= 11 is 0. The van der Waals surface area contributed by atoms with Gasteiger partial charge in [-0.25, -0.2) is 0 Å². The highest BCUT2D eigenvalue weighted by Gasteiger charge is 2.33. The molecule has 0 heterocycles. The molecule has 1 aliphatic carbocycles. The van der Waals surface area contributed by atoms with Crippen LogP contribution in [0.4, 0.5) is 0 Å². The standard InChI is InChI=1S/C30H41B/c1-20(2)23-18-27(21(3)4)29(28(19-23)22(5)6)31(25-12-10-11-13-25)26-16-14-24(15-17-26)30(7,8)9/h10-22,25H,1-9H3. The number of hydrogen-bond donors (Lipinski definition) is 0. The van der Waals surface area contributed by atoms with Gasteiger partial charge in [-0.15, -0.1) is 0 Å². The maximum Gasteiger partial charge on any atom is 0.220 e. The Balaban J connectivity index is 2.27. The SMILES string of the molecule is CC(C)c1cc(C(C)C)c(B(c2ccc(C(C)(C)C)cc2)C2C=CC=C2)c(C(C)C)c1. The van der Waals surface area contributed by atoms with Crippen molar-refractivity contribution in [2.45, 2.75) is 91.3 Å². The average molecular weight is 412 g/mol. The summed E-state index contributed by atoms with van der Waals surface area (Å²) in [5, 5.41) is 0. The molecule has 0 nitrogen and oxygen atoms in total. The van der Waals surface area contributed by atoms with Crippen molar-refractivity contribution in [3.63, 3.8) is 0 Å². The van der Waals surface area contributed by atoms with E-state index in [1.54, 1.807) is 5.46 Å². The Morgan fingerprint density at radius 2 is 1.19 bits per heavy atom. The topological polar surface area (TPSA) is 0 Å². The van der Waals surface area contributed by atoms with Crippen molar-refractivity contribution in [2.24, 2.45) is 0 Å². The predicted molar refractivity (Wildman–Crippen MR) is 141 cm³/mol. The highest BCUT2D eigenvalue weighted by molar-refractivity contribution is 6.87. The normalized spacial score (nSPS) is 14.5. The molecule has 0 atom stereocenters. The highest BCUT2D eigenvalue weighted by atomic mass is 14.2. The minimum Gasteiger partial charge on any atom is -0.0842 e. The van der Waals surface area contributed by atoms with Crippen LogP contribution in [0.25, 0.3) is 0 Å². The zero-order valence-electron chi connectivity index (χ0n) is 21.2. The average Bonchev–Trinajstić information content (AvgIpc) is 3.21. The van der Waals surface area contributed by atoms with Gasteiger partial charge < -0.3 is 0 Å². The maximum atomic E-state index is 2.50. The first-order valence-electron chi connectivity index (χ1n) is 12.1. The van der Waals surface area contributed by atoms with E-state index in [1.165, 1.54) is 27.7 Å². The van der Waals surface area contributed by atoms with Gasteiger partial charge in [-0.1, -0.05) is 134 Å². The summed E-state index contributed by atoms with van der Waals surface area (Å²) in [4.78, 5) is 0. The van der Waals surface area contributed by atoms with Crippen molar-refractivity contribution in [1.29, 1.82) is 0 Å². The third kappa shape index (κ3) is 5.08. The molecule has 31 heavy (non-hydrogen) atoms. The van der Waals surface area contributed by atoms with E-state index in [0.717, 1.165) is 0 Å². The van der Waals surface area contributed by atoms with Crippen molar-refractivity contribution < 1.29 is 0 Å². The van der Waals surface area contributed by atoms with Gasteiger partial charge in [0, 0.05) is 0 Å². The van der Waals surface area contributed by atoms with Crippen LogP contribution in [0.2, 0.25) is 5.82 Å². The van der Waals surface area contributed by atoms with Crippen molar-refractivity contribution in [3.8, 4) is 0 Å². The zero-order chi connectivity index (χ0) is 22.9.